The predicted octanol–water partition coefficient (Wildman–Crippen LogP) is 3.86. The van der Waals surface area contributed by atoms with Gasteiger partial charge in [0, 0.05) is 14.5 Å². The summed E-state index contributed by atoms with van der Waals surface area (Å²) in [6.07, 6.45) is 11.0. The number of unbranched alkanes of at least 4 members (excludes halogenated alkanes) is 1. The van der Waals surface area contributed by atoms with Crippen molar-refractivity contribution in [2.45, 2.75) is 44.4 Å². The zero-order valence-electron chi connectivity index (χ0n) is 9.23. The van der Waals surface area contributed by atoms with Gasteiger partial charge in [-0.3, -0.25) is 0 Å². The van der Waals surface area contributed by atoms with Crippen LogP contribution < -0.4 is 0 Å². The topological polar surface area (TPSA) is 0 Å². The van der Waals surface area contributed by atoms with Crippen LogP contribution in [0, 0.1) is 12.3 Å². The summed E-state index contributed by atoms with van der Waals surface area (Å²) in [6.45, 7) is 4.98. The standard InChI is InChI=1S/C11H22SSi/c1-5-6-7-10-13(3,4)11-8-9-12-2/h1H,6-11H2,2-4H3. The summed E-state index contributed by atoms with van der Waals surface area (Å²) < 4.78 is 0. The van der Waals surface area contributed by atoms with Crippen LogP contribution in [0.5, 0.6) is 0 Å². The third-order valence-corrected chi connectivity index (χ3v) is 6.49. The van der Waals surface area contributed by atoms with Gasteiger partial charge in [0.05, 0.1) is 0 Å². The summed E-state index contributed by atoms with van der Waals surface area (Å²) >= 11 is 1.96. The Hall–Kier alpha value is 0.127. The Morgan fingerprint density at radius 1 is 1.23 bits per heavy atom. The fourth-order valence-corrected chi connectivity index (χ4v) is 4.70. The second kappa shape index (κ2) is 7.52. The van der Waals surface area contributed by atoms with Crippen molar-refractivity contribution in [1.82, 2.24) is 0 Å². The van der Waals surface area contributed by atoms with Crippen LogP contribution in [0.15, 0.2) is 0 Å². The highest BCUT2D eigenvalue weighted by Crippen LogP contribution is 2.21. The van der Waals surface area contributed by atoms with E-state index in [1.807, 2.05) is 11.8 Å². The van der Waals surface area contributed by atoms with Gasteiger partial charge >= 0.3 is 0 Å². The summed E-state index contributed by atoms with van der Waals surface area (Å²) in [6, 6.07) is 2.88. The molecular weight excluding hydrogens is 192 g/mol. The highest BCUT2D eigenvalue weighted by molar-refractivity contribution is 7.98. The highest BCUT2D eigenvalue weighted by Gasteiger charge is 2.18. The predicted molar refractivity (Wildman–Crippen MR) is 68.2 cm³/mol. The average Bonchev–Trinajstić information content (AvgIpc) is 2.05. The van der Waals surface area contributed by atoms with E-state index in [9.17, 15) is 0 Å². The minimum atomic E-state index is -0.887. The molecular formula is C11H22SSi. The maximum absolute atomic E-state index is 5.24. The SMILES string of the molecule is C#CCCC[Si](C)(C)CCCSC. The Morgan fingerprint density at radius 2 is 1.85 bits per heavy atom. The van der Waals surface area contributed by atoms with Gasteiger partial charge in [-0.2, -0.15) is 11.8 Å². The van der Waals surface area contributed by atoms with E-state index in [-0.39, 0.29) is 0 Å². The molecule has 0 aromatic rings. The molecule has 0 unspecified atom stereocenters. The molecule has 0 aliphatic heterocycles. The van der Waals surface area contributed by atoms with E-state index in [0.29, 0.717) is 0 Å². The van der Waals surface area contributed by atoms with E-state index in [1.165, 1.54) is 30.7 Å². The quantitative estimate of drug-likeness (QED) is 0.352. The molecule has 0 radical (unpaired) electrons. The van der Waals surface area contributed by atoms with Gasteiger partial charge in [-0.05, 0) is 24.9 Å². The first-order valence-electron chi connectivity index (χ1n) is 5.05. The molecule has 0 aromatic heterocycles. The first kappa shape index (κ1) is 13.1. The maximum Gasteiger partial charge on any atom is 0.0474 e. The molecule has 0 nitrogen and oxygen atoms in total. The molecule has 0 amide bonds. The Morgan fingerprint density at radius 3 is 2.38 bits per heavy atom. The third kappa shape index (κ3) is 8.46. The first-order valence-corrected chi connectivity index (χ1v) is 9.85. The van der Waals surface area contributed by atoms with E-state index in [2.05, 4.69) is 25.3 Å². The van der Waals surface area contributed by atoms with Crippen molar-refractivity contribution in [2.75, 3.05) is 12.0 Å². The lowest BCUT2D eigenvalue weighted by molar-refractivity contribution is 0.932. The summed E-state index contributed by atoms with van der Waals surface area (Å²) in [5, 5.41) is 0. The van der Waals surface area contributed by atoms with Crippen LogP contribution in [-0.4, -0.2) is 20.1 Å². The molecule has 0 saturated heterocycles. The van der Waals surface area contributed by atoms with E-state index in [4.69, 9.17) is 6.42 Å². The number of hydrogen-bond acceptors (Lipinski definition) is 1. The van der Waals surface area contributed by atoms with Crippen LogP contribution in [-0.2, 0) is 0 Å². The molecule has 0 fully saturated rings. The van der Waals surface area contributed by atoms with Crippen LogP contribution in [0.25, 0.3) is 0 Å². The van der Waals surface area contributed by atoms with Gasteiger partial charge in [-0.15, -0.1) is 12.3 Å². The molecule has 0 saturated carbocycles. The van der Waals surface area contributed by atoms with Crippen LogP contribution >= 0.6 is 11.8 Å². The van der Waals surface area contributed by atoms with Crippen molar-refractivity contribution in [3.8, 4) is 12.3 Å². The van der Waals surface area contributed by atoms with Gasteiger partial charge in [0.25, 0.3) is 0 Å². The number of rotatable bonds is 7. The van der Waals surface area contributed by atoms with Crippen LogP contribution in [0.2, 0.25) is 25.2 Å². The molecule has 0 atom stereocenters. The lowest BCUT2D eigenvalue weighted by Crippen LogP contribution is -2.24. The lowest BCUT2D eigenvalue weighted by Gasteiger charge is -2.21. The lowest BCUT2D eigenvalue weighted by atomic mass is 10.4. The van der Waals surface area contributed by atoms with Crippen molar-refractivity contribution < 1.29 is 0 Å². The van der Waals surface area contributed by atoms with Gasteiger partial charge in [-0.25, -0.2) is 0 Å². The molecule has 0 aliphatic carbocycles. The fourth-order valence-electron chi connectivity index (χ4n) is 1.49. The maximum atomic E-state index is 5.24. The average molecular weight is 214 g/mol. The molecule has 0 rings (SSSR count). The number of thioether (sulfide) groups is 1. The second-order valence-corrected chi connectivity index (χ2v) is 10.6. The molecule has 0 bridgehead atoms. The Balaban J connectivity index is 3.49. The van der Waals surface area contributed by atoms with E-state index in [1.54, 1.807) is 0 Å². The van der Waals surface area contributed by atoms with Crippen molar-refractivity contribution in [2.24, 2.45) is 0 Å². The van der Waals surface area contributed by atoms with Gasteiger partial charge < -0.3 is 0 Å². The molecule has 0 aliphatic rings. The minimum Gasteiger partial charge on any atom is -0.165 e. The van der Waals surface area contributed by atoms with Gasteiger partial charge in [0.2, 0.25) is 0 Å². The molecule has 0 N–H and O–H groups in total. The zero-order chi connectivity index (χ0) is 10.2. The third-order valence-electron chi connectivity index (χ3n) is 2.38. The molecule has 76 valence electrons. The molecule has 0 spiro atoms. The largest absolute Gasteiger partial charge is 0.165 e. The van der Waals surface area contributed by atoms with E-state index >= 15 is 0 Å². The van der Waals surface area contributed by atoms with Crippen molar-refractivity contribution in [3.05, 3.63) is 0 Å². The van der Waals surface area contributed by atoms with Crippen molar-refractivity contribution in [1.29, 1.82) is 0 Å². The Kier molecular flexibility index (Phi) is 7.60. The minimum absolute atomic E-state index is 0.887. The van der Waals surface area contributed by atoms with E-state index < -0.39 is 8.07 Å². The van der Waals surface area contributed by atoms with Crippen LogP contribution in [0.1, 0.15) is 19.3 Å². The monoisotopic (exact) mass is 214 g/mol. The second-order valence-electron chi connectivity index (χ2n) is 4.32. The number of terminal acetylenes is 1. The van der Waals surface area contributed by atoms with Crippen LogP contribution in [0.3, 0.4) is 0 Å². The summed E-state index contributed by atoms with van der Waals surface area (Å²) in [5.41, 5.74) is 0. The molecule has 0 heterocycles. The van der Waals surface area contributed by atoms with Gasteiger partial charge in [0.15, 0.2) is 0 Å². The van der Waals surface area contributed by atoms with Crippen LogP contribution in [0.4, 0.5) is 0 Å². The fraction of sp³-hybridized carbons (Fsp3) is 0.818. The molecule has 13 heavy (non-hydrogen) atoms. The van der Waals surface area contributed by atoms with E-state index in [0.717, 1.165) is 6.42 Å². The summed E-state index contributed by atoms with van der Waals surface area (Å²) in [5.74, 6) is 4.05. The molecule has 0 aromatic carbocycles. The van der Waals surface area contributed by atoms with Crippen molar-refractivity contribution in [3.63, 3.8) is 0 Å². The van der Waals surface area contributed by atoms with Gasteiger partial charge in [0.1, 0.15) is 0 Å². The first-order chi connectivity index (χ1) is 6.12. The highest BCUT2D eigenvalue weighted by atomic mass is 32.2. The van der Waals surface area contributed by atoms with Gasteiger partial charge in [-0.1, -0.05) is 25.2 Å². The zero-order valence-corrected chi connectivity index (χ0v) is 11.0. The Labute approximate surface area is 88.9 Å². The summed E-state index contributed by atoms with van der Waals surface area (Å²) in [4.78, 5) is 0. The smallest absolute Gasteiger partial charge is 0.0474 e. The normalized spacial score (nSPS) is 11.2. The summed E-state index contributed by atoms with van der Waals surface area (Å²) in [7, 11) is -0.887. The number of hydrogen-bond donors (Lipinski definition) is 0. The van der Waals surface area contributed by atoms with Crippen molar-refractivity contribution >= 4 is 19.8 Å². The molecule has 2 heteroatoms. The Bertz CT molecular complexity index is 158.